The smallest absolute Gasteiger partial charge is 0.256 e. The van der Waals surface area contributed by atoms with Crippen molar-refractivity contribution in [2.45, 2.75) is 46.2 Å². The molecule has 5 heteroatoms. The fraction of sp³-hybridized carbons (Fsp3) is 0.412. The largest absolute Gasteiger partial charge is 0.398 e. The summed E-state index contributed by atoms with van der Waals surface area (Å²) in [7, 11) is 0. The number of benzene rings is 1. The van der Waals surface area contributed by atoms with Gasteiger partial charge in [0.2, 0.25) is 5.43 Å². The standard InChI is InChI=1S/C17H23N3O2/c1-4-5-9-20-10-12(17(22)19-11(2)3)16(21)15-13(18)7-6-8-14(15)20/h6-8,10-11H,4-5,9,18H2,1-3H3,(H,19,22). The quantitative estimate of drug-likeness (QED) is 0.833. The van der Waals surface area contributed by atoms with Crippen molar-refractivity contribution in [1.82, 2.24) is 9.88 Å². The number of amides is 1. The van der Waals surface area contributed by atoms with E-state index in [2.05, 4.69) is 12.2 Å². The molecule has 22 heavy (non-hydrogen) atoms. The number of nitrogen functional groups attached to an aromatic ring is 1. The lowest BCUT2D eigenvalue weighted by Crippen LogP contribution is -2.34. The number of hydrogen-bond donors (Lipinski definition) is 2. The maximum Gasteiger partial charge on any atom is 0.256 e. The van der Waals surface area contributed by atoms with E-state index in [1.54, 1.807) is 12.3 Å². The Kier molecular flexibility index (Phi) is 4.85. The van der Waals surface area contributed by atoms with Gasteiger partial charge in [0, 0.05) is 24.5 Å². The van der Waals surface area contributed by atoms with Crippen LogP contribution in [-0.4, -0.2) is 16.5 Å². The maximum absolute atomic E-state index is 12.6. The lowest BCUT2D eigenvalue weighted by atomic mass is 10.1. The number of aryl methyl sites for hydroxylation is 1. The van der Waals surface area contributed by atoms with Gasteiger partial charge in [-0.25, -0.2) is 0 Å². The minimum atomic E-state index is -0.351. The molecule has 2 aromatic rings. The maximum atomic E-state index is 12.6. The molecule has 0 aliphatic carbocycles. The zero-order chi connectivity index (χ0) is 16.3. The number of unbranched alkanes of at least 4 members (excludes halogenated alkanes) is 1. The summed E-state index contributed by atoms with van der Waals surface area (Å²) in [6, 6.07) is 5.36. The number of nitrogens with two attached hydrogens (primary N) is 1. The Morgan fingerprint density at radius 3 is 2.73 bits per heavy atom. The third kappa shape index (κ3) is 3.13. The molecule has 0 saturated heterocycles. The predicted octanol–water partition coefficient (Wildman–Crippen LogP) is 2.52. The van der Waals surface area contributed by atoms with Crippen LogP contribution in [0.25, 0.3) is 10.9 Å². The van der Waals surface area contributed by atoms with Gasteiger partial charge in [-0.3, -0.25) is 9.59 Å². The summed E-state index contributed by atoms with van der Waals surface area (Å²) < 4.78 is 1.95. The van der Waals surface area contributed by atoms with Crippen LogP contribution < -0.4 is 16.5 Å². The fourth-order valence-corrected chi connectivity index (χ4v) is 2.48. The Morgan fingerprint density at radius 2 is 2.09 bits per heavy atom. The number of rotatable bonds is 5. The number of nitrogens with zero attached hydrogens (tertiary/aromatic N) is 1. The van der Waals surface area contributed by atoms with Gasteiger partial charge in [0.05, 0.1) is 10.9 Å². The molecule has 5 nitrogen and oxygen atoms in total. The van der Waals surface area contributed by atoms with Gasteiger partial charge in [-0.2, -0.15) is 0 Å². The molecule has 0 radical (unpaired) electrons. The normalized spacial score (nSPS) is 11.1. The second-order valence-corrected chi connectivity index (χ2v) is 5.79. The van der Waals surface area contributed by atoms with Gasteiger partial charge in [-0.15, -0.1) is 0 Å². The second kappa shape index (κ2) is 6.64. The van der Waals surface area contributed by atoms with Gasteiger partial charge in [0.1, 0.15) is 5.56 Å². The Bertz CT molecular complexity index is 747. The highest BCUT2D eigenvalue weighted by Gasteiger charge is 2.17. The van der Waals surface area contributed by atoms with Crippen LogP contribution in [0.15, 0.2) is 29.2 Å². The van der Waals surface area contributed by atoms with Crippen LogP contribution in [0.4, 0.5) is 5.69 Å². The van der Waals surface area contributed by atoms with E-state index in [0.29, 0.717) is 11.1 Å². The van der Waals surface area contributed by atoms with Crippen molar-refractivity contribution < 1.29 is 4.79 Å². The van der Waals surface area contributed by atoms with Gasteiger partial charge < -0.3 is 15.6 Å². The van der Waals surface area contributed by atoms with Gasteiger partial charge in [0.25, 0.3) is 5.91 Å². The van der Waals surface area contributed by atoms with Gasteiger partial charge in [-0.1, -0.05) is 19.4 Å². The molecule has 3 N–H and O–H groups in total. The van der Waals surface area contributed by atoms with Crippen molar-refractivity contribution in [3.05, 3.63) is 40.2 Å². The third-order valence-electron chi connectivity index (χ3n) is 3.56. The molecular formula is C17H23N3O2. The highest BCUT2D eigenvalue weighted by molar-refractivity contribution is 6.00. The van der Waals surface area contributed by atoms with Crippen LogP contribution in [0.5, 0.6) is 0 Å². The molecule has 0 bridgehead atoms. The number of carbonyl (C=O) groups is 1. The number of nitrogens with one attached hydrogen (secondary N) is 1. The van der Waals surface area contributed by atoms with E-state index >= 15 is 0 Å². The molecule has 1 amide bonds. The first-order chi connectivity index (χ1) is 10.5. The minimum Gasteiger partial charge on any atom is -0.398 e. The molecule has 0 atom stereocenters. The Morgan fingerprint density at radius 1 is 1.36 bits per heavy atom. The molecular weight excluding hydrogens is 278 g/mol. The molecule has 1 aromatic carbocycles. The predicted molar refractivity (Wildman–Crippen MR) is 90.1 cm³/mol. The van der Waals surface area contributed by atoms with E-state index in [9.17, 15) is 9.59 Å². The van der Waals surface area contributed by atoms with E-state index in [1.807, 2.05) is 30.5 Å². The van der Waals surface area contributed by atoms with Crippen LogP contribution >= 0.6 is 0 Å². The third-order valence-corrected chi connectivity index (χ3v) is 3.56. The van der Waals surface area contributed by atoms with Crippen molar-refractivity contribution in [3.8, 4) is 0 Å². The monoisotopic (exact) mass is 301 g/mol. The number of aromatic nitrogens is 1. The zero-order valence-corrected chi connectivity index (χ0v) is 13.3. The first-order valence-corrected chi connectivity index (χ1v) is 7.68. The number of pyridine rings is 1. The number of fused-ring (bicyclic) bond motifs is 1. The summed E-state index contributed by atoms with van der Waals surface area (Å²) in [6.07, 6.45) is 3.65. The first-order valence-electron chi connectivity index (χ1n) is 7.68. The van der Waals surface area contributed by atoms with Crippen molar-refractivity contribution >= 4 is 22.5 Å². The molecule has 118 valence electrons. The molecule has 1 heterocycles. The topological polar surface area (TPSA) is 77.1 Å². The Labute approximate surface area is 130 Å². The molecule has 0 fully saturated rings. The van der Waals surface area contributed by atoms with E-state index in [0.717, 1.165) is 24.9 Å². The SMILES string of the molecule is CCCCn1cc(C(=O)NC(C)C)c(=O)c2c(N)cccc21. The van der Waals surface area contributed by atoms with Crippen LogP contribution in [0.3, 0.4) is 0 Å². The molecule has 0 unspecified atom stereocenters. The molecule has 0 aliphatic heterocycles. The summed E-state index contributed by atoms with van der Waals surface area (Å²) in [5.74, 6) is -0.351. The lowest BCUT2D eigenvalue weighted by Gasteiger charge is -2.15. The van der Waals surface area contributed by atoms with Gasteiger partial charge in [0.15, 0.2) is 0 Å². The molecule has 0 spiro atoms. The minimum absolute atomic E-state index is 0.0280. The van der Waals surface area contributed by atoms with E-state index < -0.39 is 0 Å². The summed E-state index contributed by atoms with van der Waals surface area (Å²) in [5.41, 5.74) is 7.01. The van der Waals surface area contributed by atoms with Crippen molar-refractivity contribution in [1.29, 1.82) is 0 Å². The van der Waals surface area contributed by atoms with E-state index in [-0.39, 0.29) is 22.9 Å². The summed E-state index contributed by atoms with van der Waals surface area (Å²) in [5, 5.41) is 3.20. The van der Waals surface area contributed by atoms with Crippen LogP contribution in [0.2, 0.25) is 0 Å². The molecule has 0 saturated carbocycles. The van der Waals surface area contributed by atoms with Crippen LogP contribution in [0, 0.1) is 0 Å². The Balaban J connectivity index is 2.67. The average Bonchev–Trinajstić information content (AvgIpc) is 2.45. The zero-order valence-electron chi connectivity index (χ0n) is 13.3. The van der Waals surface area contributed by atoms with Crippen molar-refractivity contribution in [2.24, 2.45) is 0 Å². The fourth-order valence-electron chi connectivity index (χ4n) is 2.48. The van der Waals surface area contributed by atoms with E-state index in [1.165, 1.54) is 0 Å². The number of carbonyl (C=O) groups excluding carboxylic acids is 1. The summed E-state index contributed by atoms with van der Waals surface area (Å²) >= 11 is 0. The highest BCUT2D eigenvalue weighted by Crippen LogP contribution is 2.19. The first kappa shape index (κ1) is 16.1. The van der Waals surface area contributed by atoms with Crippen LogP contribution in [-0.2, 0) is 6.54 Å². The van der Waals surface area contributed by atoms with Crippen molar-refractivity contribution in [2.75, 3.05) is 5.73 Å². The van der Waals surface area contributed by atoms with Crippen molar-refractivity contribution in [3.63, 3.8) is 0 Å². The molecule has 2 rings (SSSR count). The summed E-state index contributed by atoms with van der Waals surface area (Å²) in [6.45, 7) is 6.58. The number of anilines is 1. The van der Waals surface area contributed by atoms with E-state index in [4.69, 9.17) is 5.73 Å². The summed E-state index contributed by atoms with van der Waals surface area (Å²) in [4.78, 5) is 24.9. The average molecular weight is 301 g/mol. The second-order valence-electron chi connectivity index (χ2n) is 5.79. The molecule has 0 aliphatic rings. The van der Waals surface area contributed by atoms with Crippen LogP contribution in [0.1, 0.15) is 44.0 Å². The van der Waals surface area contributed by atoms with Gasteiger partial charge >= 0.3 is 0 Å². The molecule has 1 aromatic heterocycles. The lowest BCUT2D eigenvalue weighted by molar-refractivity contribution is 0.0941. The number of hydrogen-bond acceptors (Lipinski definition) is 3. The Hall–Kier alpha value is -2.30. The van der Waals surface area contributed by atoms with Gasteiger partial charge in [-0.05, 0) is 32.4 Å². The highest BCUT2D eigenvalue weighted by atomic mass is 16.2.